The van der Waals surface area contributed by atoms with E-state index in [1.165, 1.54) is 0 Å². The molecule has 0 aliphatic carbocycles. The number of nitrogens with zero attached hydrogens (tertiary/aromatic N) is 3. The van der Waals surface area contributed by atoms with Gasteiger partial charge in [-0.3, -0.25) is 4.57 Å². The summed E-state index contributed by atoms with van der Waals surface area (Å²) >= 11 is 14.3. The third kappa shape index (κ3) is 4.90. The van der Waals surface area contributed by atoms with Gasteiger partial charge < -0.3 is 4.74 Å². The fraction of sp³-hybridized carbons (Fsp3) is 0.167. The van der Waals surface area contributed by atoms with Crippen LogP contribution in [0, 0.1) is 6.92 Å². The van der Waals surface area contributed by atoms with E-state index >= 15 is 0 Å². The van der Waals surface area contributed by atoms with Gasteiger partial charge in [0.05, 0.1) is 6.61 Å². The Morgan fingerprint density at radius 2 is 1.65 bits per heavy atom. The molecule has 0 unspecified atom stereocenters. The number of aromatic nitrogens is 3. The van der Waals surface area contributed by atoms with Crippen LogP contribution in [0.4, 0.5) is 0 Å². The van der Waals surface area contributed by atoms with Crippen molar-refractivity contribution in [2.45, 2.75) is 24.8 Å². The Kier molecular flexibility index (Phi) is 6.86. The smallest absolute Gasteiger partial charge is 0.196 e. The molecule has 4 aromatic rings. The third-order valence-corrected chi connectivity index (χ3v) is 6.39. The molecule has 7 heteroatoms. The zero-order chi connectivity index (χ0) is 21.8. The third-order valence-electron chi connectivity index (χ3n) is 4.72. The molecule has 1 aromatic heterocycles. The number of ether oxygens (including phenoxy) is 1. The fourth-order valence-corrected chi connectivity index (χ4v) is 4.93. The molecule has 0 saturated carbocycles. The predicted octanol–water partition coefficient (Wildman–Crippen LogP) is 7.24. The topological polar surface area (TPSA) is 39.9 Å². The number of aryl methyl sites for hydroxylation is 1. The van der Waals surface area contributed by atoms with Crippen LogP contribution in [-0.4, -0.2) is 21.4 Å². The van der Waals surface area contributed by atoms with E-state index in [-0.39, 0.29) is 0 Å². The summed E-state index contributed by atoms with van der Waals surface area (Å²) in [6.45, 7) is 4.66. The molecule has 0 fully saturated rings. The maximum Gasteiger partial charge on any atom is 0.196 e. The van der Waals surface area contributed by atoms with Crippen molar-refractivity contribution in [2.24, 2.45) is 0 Å². The maximum absolute atomic E-state index is 6.36. The average molecular weight is 470 g/mol. The van der Waals surface area contributed by atoms with Crippen LogP contribution in [0.5, 0.6) is 5.75 Å². The molecular formula is C24H21Cl2N3OS. The first-order valence-electron chi connectivity index (χ1n) is 9.88. The lowest BCUT2D eigenvalue weighted by atomic mass is 10.1. The van der Waals surface area contributed by atoms with E-state index in [9.17, 15) is 0 Å². The van der Waals surface area contributed by atoms with Gasteiger partial charge in [0.2, 0.25) is 0 Å². The Balaban J connectivity index is 1.74. The average Bonchev–Trinajstić information content (AvgIpc) is 3.18. The Morgan fingerprint density at radius 3 is 2.32 bits per heavy atom. The maximum atomic E-state index is 6.36. The van der Waals surface area contributed by atoms with Crippen molar-refractivity contribution >= 4 is 35.0 Å². The highest BCUT2D eigenvalue weighted by molar-refractivity contribution is 7.98. The van der Waals surface area contributed by atoms with E-state index in [0.717, 1.165) is 39.1 Å². The lowest BCUT2D eigenvalue weighted by Gasteiger charge is -2.12. The second-order valence-electron chi connectivity index (χ2n) is 6.93. The van der Waals surface area contributed by atoms with Crippen LogP contribution >= 0.6 is 35.0 Å². The van der Waals surface area contributed by atoms with E-state index in [1.807, 2.05) is 61.5 Å². The molecule has 31 heavy (non-hydrogen) atoms. The van der Waals surface area contributed by atoms with Crippen molar-refractivity contribution in [3.63, 3.8) is 0 Å². The highest BCUT2D eigenvalue weighted by Crippen LogP contribution is 2.34. The highest BCUT2D eigenvalue weighted by Gasteiger charge is 2.18. The Morgan fingerprint density at radius 1 is 0.935 bits per heavy atom. The summed E-state index contributed by atoms with van der Waals surface area (Å²) in [5.74, 6) is 2.19. The number of hydrogen-bond donors (Lipinski definition) is 0. The van der Waals surface area contributed by atoms with Gasteiger partial charge in [-0.1, -0.05) is 64.8 Å². The van der Waals surface area contributed by atoms with Crippen LogP contribution in [-0.2, 0) is 5.75 Å². The largest absolute Gasteiger partial charge is 0.494 e. The van der Waals surface area contributed by atoms with Crippen LogP contribution < -0.4 is 4.74 Å². The van der Waals surface area contributed by atoms with E-state index in [4.69, 9.17) is 27.9 Å². The zero-order valence-electron chi connectivity index (χ0n) is 17.2. The Bertz CT molecular complexity index is 1170. The van der Waals surface area contributed by atoms with Gasteiger partial charge >= 0.3 is 0 Å². The van der Waals surface area contributed by atoms with Gasteiger partial charge in [0.1, 0.15) is 5.75 Å². The number of rotatable bonds is 7. The predicted molar refractivity (Wildman–Crippen MR) is 129 cm³/mol. The molecule has 4 nitrogen and oxygen atoms in total. The normalized spacial score (nSPS) is 11.0. The van der Waals surface area contributed by atoms with Gasteiger partial charge in [-0.15, -0.1) is 10.2 Å². The van der Waals surface area contributed by atoms with Crippen molar-refractivity contribution in [1.82, 2.24) is 14.8 Å². The number of benzene rings is 3. The van der Waals surface area contributed by atoms with Gasteiger partial charge in [0, 0.05) is 27.0 Å². The second kappa shape index (κ2) is 9.77. The van der Waals surface area contributed by atoms with Crippen molar-refractivity contribution in [1.29, 1.82) is 0 Å². The van der Waals surface area contributed by atoms with Crippen molar-refractivity contribution in [3.05, 3.63) is 87.9 Å². The molecule has 0 aliphatic heterocycles. The van der Waals surface area contributed by atoms with E-state index < -0.39 is 0 Å². The van der Waals surface area contributed by atoms with Crippen molar-refractivity contribution < 1.29 is 4.74 Å². The van der Waals surface area contributed by atoms with Gasteiger partial charge in [0.15, 0.2) is 11.0 Å². The molecule has 0 amide bonds. The summed E-state index contributed by atoms with van der Waals surface area (Å²) in [6, 6.07) is 21.7. The molecule has 0 aliphatic rings. The van der Waals surface area contributed by atoms with Crippen molar-refractivity contribution in [3.8, 4) is 22.8 Å². The van der Waals surface area contributed by atoms with Crippen molar-refractivity contribution in [2.75, 3.05) is 6.61 Å². The molecule has 0 saturated heterocycles. The number of thioether (sulfide) groups is 1. The number of halogens is 2. The molecule has 0 spiro atoms. The molecule has 0 N–H and O–H groups in total. The van der Waals surface area contributed by atoms with Crippen LogP contribution in [0.1, 0.15) is 18.1 Å². The van der Waals surface area contributed by atoms with Gasteiger partial charge in [-0.05, 0) is 61.9 Å². The SMILES string of the molecule is CCOc1ccc(-n2c(SCc3c(Cl)cccc3Cl)nnc2-c2cccc(C)c2)cc1. The second-order valence-corrected chi connectivity index (χ2v) is 8.68. The molecule has 3 aromatic carbocycles. The zero-order valence-corrected chi connectivity index (χ0v) is 19.5. The molecule has 0 bridgehead atoms. The molecule has 1 heterocycles. The van der Waals surface area contributed by atoms with E-state index in [2.05, 4.69) is 33.8 Å². The quantitative estimate of drug-likeness (QED) is 0.267. The fourth-order valence-electron chi connectivity index (χ4n) is 3.23. The monoisotopic (exact) mass is 469 g/mol. The minimum atomic E-state index is 0.585. The van der Waals surface area contributed by atoms with Crippen LogP contribution in [0.15, 0.2) is 71.9 Å². The summed E-state index contributed by atoms with van der Waals surface area (Å²) in [5.41, 5.74) is 4.01. The van der Waals surface area contributed by atoms with E-state index in [1.54, 1.807) is 11.8 Å². The van der Waals surface area contributed by atoms with Gasteiger partial charge in [0.25, 0.3) is 0 Å². The molecule has 0 atom stereocenters. The minimum Gasteiger partial charge on any atom is -0.494 e. The highest BCUT2D eigenvalue weighted by atomic mass is 35.5. The number of hydrogen-bond acceptors (Lipinski definition) is 4. The van der Waals surface area contributed by atoms with Crippen LogP contribution in [0.3, 0.4) is 0 Å². The molecule has 4 rings (SSSR count). The van der Waals surface area contributed by atoms with Gasteiger partial charge in [-0.25, -0.2) is 0 Å². The summed E-state index contributed by atoms with van der Waals surface area (Å²) < 4.78 is 7.65. The van der Waals surface area contributed by atoms with Crippen LogP contribution in [0.25, 0.3) is 17.1 Å². The van der Waals surface area contributed by atoms with Crippen LogP contribution in [0.2, 0.25) is 10.0 Å². The molecular weight excluding hydrogens is 449 g/mol. The van der Waals surface area contributed by atoms with Gasteiger partial charge in [-0.2, -0.15) is 0 Å². The summed E-state index contributed by atoms with van der Waals surface area (Å²) in [5, 5.41) is 11.1. The minimum absolute atomic E-state index is 0.585. The Hall–Kier alpha value is -2.47. The Labute approximate surface area is 196 Å². The standard InChI is InChI=1S/C24H21Cl2N3OS/c1-3-30-19-12-10-18(11-13-19)29-23(17-7-4-6-16(2)14-17)27-28-24(29)31-15-20-21(25)8-5-9-22(20)26/h4-14H,3,15H2,1-2H3. The summed E-state index contributed by atoms with van der Waals surface area (Å²) in [7, 11) is 0. The first kappa shape index (κ1) is 21.8. The molecule has 0 radical (unpaired) electrons. The summed E-state index contributed by atoms with van der Waals surface area (Å²) in [4.78, 5) is 0. The lowest BCUT2D eigenvalue weighted by Crippen LogP contribution is -2.01. The molecule has 158 valence electrons. The first-order valence-corrected chi connectivity index (χ1v) is 11.6. The summed E-state index contributed by atoms with van der Waals surface area (Å²) in [6.07, 6.45) is 0. The lowest BCUT2D eigenvalue weighted by molar-refractivity contribution is 0.340. The first-order chi connectivity index (χ1) is 15.1. The van der Waals surface area contributed by atoms with E-state index in [0.29, 0.717) is 22.4 Å².